The highest BCUT2D eigenvalue weighted by Crippen LogP contribution is 2.27. The summed E-state index contributed by atoms with van der Waals surface area (Å²) in [5.74, 6) is -0.937. The highest BCUT2D eigenvalue weighted by molar-refractivity contribution is 5.95. The third kappa shape index (κ3) is 3.81. The minimum absolute atomic E-state index is 0.0432. The van der Waals surface area contributed by atoms with Crippen molar-refractivity contribution in [3.63, 3.8) is 0 Å². The summed E-state index contributed by atoms with van der Waals surface area (Å²) in [6.07, 6.45) is 0.324. The van der Waals surface area contributed by atoms with E-state index in [0.29, 0.717) is 6.42 Å². The highest BCUT2D eigenvalue weighted by Gasteiger charge is 2.19. The number of hydrogen-bond acceptors (Lipinski definition) is 2. The maximum Gasteiger partial charge on any atom is 0.305 e. The molecule has 0 aliphatic heterocycles. The zero-order valence-electron chi connectivity index (χ0n) is 12.0. The molecule has 1 rings (SSSR count). The van der Waals surface area contributed by atoms with Gasteiger partial charge in [-0.05, 0) is 31.9 Å². The van der Waals surface area contributed by atoms with Crippen LogP contribution in [0.25, 0.3) is 0 Å². The van der Waals surface area contributed by atoms with Gasteiger partial charge >= 0.3 is 5.97 Å². The minimum Gasteiger partial charge on any atom is -0.481 e. The number of hydrogen-bond donors (Lipinski definition) is 1. The van der Waals surface area contributed by atoms with Gasteiger partial charge in [-0.2, -0.15) is 0 Å². The van der Waals surface area contributed by atoms with Crippen molar-refractivity contribution in [2.24, 2.45) is 0 Å². The quantitative estimate of drug-likeness (QED) is 0.888. The van der Waals surface area contributed by atoms with Crippen LogP contribution in [0.15, 0.2) is 12.1 Å². The smallest absolute Gasteiger partial charge is 0.305 e. The van der Waals surface area contributed by atoms with Crippen molar-refractivity contribution in [1.29, 1.82) is 0 Å². The summed E-state index contributed by atoms with van der Waals surface area (Å²) in [5, 5.41) is 8.81. The molecule has 1 amide bonds. The first-order chi connectivity index (χ1) is 8.86. The van der Waals surface area contributed by atoms with Gasteiger partial charge in [-0.1, -0.05) is 24.6 Å². The highest BCUT2D eigenvalue weighted by atomic mass is 16.4. The zero-order valence-corrected chi connectivity index (χ0v) is 12.0. The molecule has 104 valence electrons. The van der Waals surface area contributed by atoms with Gasteiger partial charge in [0.25, 0.3) is 0 Å². The van der Waals surface area contributed by atoms with Crippen LogP contribution in [0.2, 0.25) is 0 Å². The minimum atomic E-state index is -0.892. The fraction of sp³-hybridized carbons (Fsp3) is 0.467. The van der Waals surface area contributed by atoms with E-state index in [2.05, 4.69) is 0 Å². The molecule has 0 unspecified atom stereocenters. The number of aliphatic carboxylic acids is 1. The number of amides is 1. The van der Waals surface area contributed by atoms with Crippen LogP contribution in [0, 0.1) is 20.8 Å². The van der Waals surface area contributed by atoms with Gasteiger partial charge in [-0.25, -0.2) is 0 Å². The fourth-order valence-electron chi connectivity index (χ4n) is 2.36. The maximum atomic E-state index is 12.0. The largest absolute Gasteiger partial charge is 0.481 e. The lowest BCUT2D eigenvalue weighted by Gasteiger charge is -2.26. The van der Waals surface area contributed by atoms with Crippen LogP contribution in [0.5, 0.6) is 0 Å². The van der Waals surface area contributed by atoms with Crippen molar-refractivity contribution in [3.05, 3.63) is 28.8 Å². The third-order valence-electron chi connectivity index (χ3n) is 3.06. The van der Waals surface area contributed by atoms with E-state index in [1.54, 1.807) is 11.8 Å². The normalized spacial score (nSPS) is 10.3. The molecule has 0 saturated heterocycles. The molecular formula is C15H21NO3. The van der Waals surface area contributed by atoms with E-state index in [-0.39, 0.29) is 18.9 Å². The number of benzene rings is 1. The summed E-state index contributed by atoms with van der Waals surface area (Å²) in [7, 11) is 0. The van der Waals surface area contributed by atoms with Crippen molar-refractivity contribution in [1.82, 2.24) is 0 Å². The van der Waals surface area contributed by atoms with Crippen LogP contribution in [0.3, 0.4) is 0 Å². The lowest BCUT2D eigenvalue weighted by atomic mass is 10.0. The predicted molar refractivity (Wildman–Crippen MR) is 75.5 cm³/mol. The Balaban J connectivity index is 3.17. The molecule has 0 heterocycles. The molecule has 0 aromatic heterocycles. The van der Waals surface area contributed by atoms with E-state index < -0.39 is 5.97 Å². The van der Waals surface area contributed by atoms with Crippen molar-refractivity contribution in [2.75, 3.05) is 11.4 Å². The average Bonchev–Trinajstić information content (AvgIpc) is 2.30. The molecule has 0 fully saturated rings. The van der Waals surface area contributed by atoms with Gasteiger partial charge in [0.05, 0.1) is 6.42 Å². The van der Waals surface area contributed by atoms with Crippen molar-refractivity contribution in [2.45, 2.75) is 40.5 Å². The second kappa shape index (κ2) is 6.36. The Bertz CT molecular complexity index is 471. The molecule has 0 spiro atoms. The SMILES string of the molecule is CCC(=O)N(CCC(=O)O)c1c(C)cc(C)cc1C. The van der Waals surface area contributed by atoms with Crippen LogP contribution in [0.4, 0.5) is 5.69 Å². The molecule has 0 bridgehead atoms. The first-order valence-corrected chi connectivity index (χ1v) is 6.46. The summed E-state index contributed by atoms with van der Waals surface area (Å²) in [5.41, 5.74) is 3.99. The molecular weight excluding hydrogens is 242 g/mol. The summed E-state index contributed by atoms with van der Waals surface area (Å²) in [6, 6.07) is 4.03. The van der Waals surface area contributed by atoms with Crippen LogP contribution >= 0.6 is 0 Å². The van der Waals surface area contributed by atoms with E-state index in [4.69, 9.17) is 5.11 Å². The molecule has 1 N–H and O–H groups in total. The van der Waals surface area contributed by atoms with Gasteiger partial charge in [0.2, 0.25) is 5.91 Å². The molecule has 1 aromatic rings. The second-order valence-corrected chi connectivity index (χ2v) is 4.79. The van der Waals surface area contributed by atoms with Gasteiger partial charge in [0.1, 0.15) is 0 Å². The van der Waals surface area contributed by atoms with Gasteiger partial charge in [-0.15, -0.1) is 0 Å². The third-order valence-corrected chi connectivity index (χ3v) is 3.06. The van der Waals surface area contributed by atoms with Crippen molar-refractivity contribution in [3.8, 4) is 0 Å². The Hall–Kier alpha value is -1.84. The predicted octanol–water partition coefficient (Wildman–Crippen LogP) is 2.83. The Labute approximate surface area is 114 Å². The maximum absolute atomic E-state index is 12.0. The number of carboxylic acid groups (broad SMARTS) is 1. The first kappa shape index (κ1) is 15.2. The van der Waals surface area contributed by atoms with Gasteiger partial charge in [0.15, 0.2) is 0 Å². The number of nitrogens with zero attached hydrogens (tertiary/aromatic N) is 1. The van der Waals surface area contributed by atoms with Crippen LogP contribution in [-0.4, -0.2) is 23.5 Å². The second-order valence-electron chi connectivity index (χ2n) is 4.79. The van der Waals surface area contributed by atoms with Crippen LogP contribution < -0.4 is 4.90 Å². The van der Waals surface area contributed by atoms with Gasteiger partial charge in [0, 0.05) is 18.7 Å². The Morgan fingerprint density at radius 3 is 2.11 bits per heavy atom. The molecule has 19 heavy (non-hydrogen) atoms. The molecule has 0 atom stereocenters. The number of rotatable bonds is 5. The van der Waals surface area contributed by atoms with E-state index in [1.165, 1.54) is 0 Å². The lowest BCUT2D eigenvalue weighted by Crippen LogP contribution is -2.33. The summed E-state index contributed by atoms with van der Waals surface area (Å²) >= 11 is 0. The molecule has 0 aliphatic rings. The number of carbonyl (C=O) groups excluding carboxylic acids is 1. The molecule has 1 aromatic carbocycles. The van der Waals surface area contributed by atoms with E-state index in [1.807, 2.05) is 32.9 Å². The summed E-state index contributed by atoms with van der Waals surface area (Å²) < 4.78 is 0. The van der Waals surface area contributed by atoms with Gasteiger partial charge < -0.3 is 10.0 Å². The zero-order chi connectivity index (χ0) is 14.6. The topological polar surface area (TPSA) is 57.6 Å². The number of anilines is 1. The van der Waals surface area contributed by atoms with Crippen LogP contribution in [-0.2, 0) is 9.59 Å². The Morgan fingerprint density at radius 1 is 1.16 bits per heavy atom. The Kier molecular flexibility index (Phi) is 5.10. The van der Waals surface area contributed by atoms with Crippen molar-refractivity contribution >= 4 is 17.6 Å². The molecule has 0 aliphatic carbocycles. The lowest BCUT2D eigenvalue weighted by molar-refractivity contribution is -0.136. The molecule has 0 radical (unpaired) electrons. The molecule has 4 heteroatoms. The van der Waals surface area contributed by atoms with E-state index in [0.717, 1.165) is 22.4 Å². The standard InChI is InChI=1S/C15H21NO3/c1-5-13(17)16(7-6-14(18)19)15-11(3)8-10(2)9-12(15)4/h8-9H,5-7H2,1-4H3,(H,18,19). The first-order valence-electron chi connectivity index (χ1n) is 6.46. The number of carbonyl (C=O) groups is 2. The van der Waals surface area contributed by atoms with Crippen LogP contribution in [0.1, 0.15) is 36.5 Å². The van der Waals surface area contributed by atoms with Crippen molar-refractivity contribution < 1.29 is 14.7 Å². The van der Waals surface area contributed by atoms with E-state index in [9.17, 15) is 9.59 Å². The molecule has 0 saturated carbocycles. The fourth-order valence-corrected chi connectivity index (χ4v) is 2.36. The summed E-state index contributed by atoms with van der Waals surface area (Å²) in [6.45, 7) is 7.91. The monoisotopic (exact) mass is 263 g/mol. The van der Waals surface area contributed by atoms with Gasteiger partial charge in [-0.3, -0.25) is 9.59 Å². The average molecular weight is 263 g/mol. The Morgan fingerprint density at radius 2 is 1.68 bits per heavy atom. The van der Waals surface area contributed by atoms with E-state index >= 15 is 0 Å². The number of aryl methyl sites for hydroxylation is 3. The summed E-state index contributed by atoms with van der Waals surface area (Å²) in [4.78, 5) is 24.4. The molecule has 4 nitrogen and oxygen atoms in total. The number of carboxylic acids is 1.